The van der Waals surface area contributed by atoms with E-state index in [0.29, 0.717) is 13.0 Å². The Morgan fingerprint density at radius 3 is 2.55 bits per heavy atom. The number of hydrogen-bond acceptors (Lipinski definition) is 6. The monoisotopic (exact) mass is 468 g/mol. The Labute approximate surface area is 199 Å². The summed E-state index contributed by atoms with van der Waals surface area (Å²) in [5.41, 5.74) is 3.53. The number of nitrogens with zero attached hydrogens (tertiary/aromatic N) is 2. The third-order valence-corrected chi connectivity index (χ3v) is 6.28. The summed E-state index contributed by atoms with van der Waals surface area (Å²) in [6.45, 7) is 7.98. The van der Waals surface area contributed by atoms with Crippen LogP contribution in [0.3, 0.4) is 0 Å². The number of carbonyl (C=O) groups is 2. The summed E-state index contributed by atoms with van der Waals surface area (Å²) in [5.74, 6) is 0.0289. The van der Waals surface area contributed by atoms with Gasteiger partial charge in [-0.2, -0.15) is 5.10 Å². The van der Waals surface area contributed by atoms with E-state index >= 15 is 0 Å². The molecule has 0 aliphatic heterocycles. The Morgan fingerprint density at radius 1 is 1.18 bits per heavy atom. The number of alkyl carbamates (subject to hydrolysis) is 1. The molecule has 2 N–H and O–H groups in total. The van der Waals surface area contributed by atoms with E-state index in [4.69, 9.17) is 4.74 Å². The topological polar surface area (TPSA) is 85.3 Å². The Kier molecular flexibility index (Phi) is 8.05. The minimum Gasteiger partial charge on any atom is -0.444 e. The molecule has 0 fully saturated rings. The van der Waals surface area contributed by atoms with Gasteiger partial charge < -0.3 is 15.4 Å². The van der Waals surface area contributed by atoms with E-state index in [9.17, 15) is 9.59 Å². The summed E-state index contributed by atoms with van der Waals surface area (Å²) in [4.78, 5) is 25.9. The van der Waals surface area contributed by atoms with Gasteiger partial charge in [0.2, 0.25) is 0 Å². The first kappa shape index (κ1) is 24.7. The van der Waals surface area contributed by atoms with Gasteiger partial charge in [0.05, 0.1) is 17.1 Å². The summed E-state index contributed by atoms with van der Waals surface area (Å²) >= 11 is 1.45. The fourth-order valence-electron chi connectivity index (χ4n) is 3.54. The van der Waals surface area contributed by atoms with Gasteiger partial charge in [0.25, 0.3) is 0 Å². The van der Waals surface area contributed by atoms with E-state index in [1.165, 1.54) is 11.3 Å². The molecule has 0 saturated heterocycles. The quantitative estimate of drug-likeness (QED) is 0.456. The van der Waals surface area contributed by atoms with E-state index in [1.807, 2.05) is 76.5 Å². The van der Waals surface area contributed by atoms with E-state index < -0.39 is 11.7 Å². The summed E-state index contributed by atoms with van der Waals surface area (Å²) < 4.78 is 7.15. The maximum Gasteiger partial charge on any atom is 0.407 e. The maximum atomic E-state index is 13.0. The Morgan fingerprint density at radius 2 is 1.91 bits per heavy atom. The minimum absolute atomic E-state index is 0.0289. The highest BCUT2D eigenvalue weighted by molar-refractivity contribution is 7.12. The Hall–Kier alpha value is -2.97. The van der Waals surface area contributed by atoms with Crippen molar-refractivity contribution in [3.63, 3.8) is 0 Å². The number of aromatic nitrogens is 2. The second-order valence-corrected chi connectivity index (χ2v) is 9.90. The lowest BCUT2D eigenvalue weighted by Gasteiger charge is -2.22. The first-order valence-electron chi connectivity index (χ1n) is 11.0. The Bertz CT molecular complexity index is 1080. The standard InChI is InChI=1S/C25H32N4O3S/c1-17-20(21-11-12-28-29(21)5)16-33-23(17)22(30)15-26-19(13-18-9-7-6-8-10-18)14-27-24(31)32-25(2,3)4/h6-12,16,19,26H,13-15H2,1-5H3,(H,27,31). The SMILES string of the molecule is Cc1c(-c2ccnn2C)csc1C(=O)CNC(CNC(=O)OC(C)(C)C)Cc1ccccc1. The highest BCUT2D eigenvalue weighted by atomic mass is 32.1. The molecule has 1 amide bonds. The molecule has 0 aliphatic carbocycles. The fraction of sp³-hybridized carbons (Fsp3) is 0.400. The van der Waals surface area contributed by atoms with Crippen molar-refractivity contribution in [1.29, 1.82) is 0 Å². The Balaban J connectivity index is 1.65. The molecule has 3 aromatic rings. The number of Topliss-reactive ketones (excluding diaryl/α,β-unsaturated/α-hetero) is 1. The maximum absolute atomic E-state index is 13.0. The van der Waals surface area contributed by atoms with Crippen molar-refractivity contribution < 1.29 is 14.3 Å². The first-order valence-corrected chi connectivity index (χ1v) is 11.9. The smallest absolute Gasteiger partial charge is 0.407 e. The first-order chi connectivity index (χ1) is 15.6. The average molecular weight is 469 g/mol. The second-order valence-electron chi connectivity index (χ2n) is 9.02. The lowest BCUT2D eigenvalue weighted by molar-refractivity contribution is 0.0522. The predicted octanol–water partition coefficient (Wildman–Crippen LogP) is 4.37. The van der Waals surface area contributed by atoms with Crippen LogP contribution < -0.4 is 10.6 Å². The van der Waals surface area contributed by atoms with Crippen molar-refractivity contribution in [2.24, 2.45) is 7.05 Å². The van der Waals surface area contributed by atoms with Crippen LogP contribution in [-0.2, 0) is 18.2 Å². The molecule has 33 heavy (non-hydrogen) atoms. The van der Waals surface area contributed by atoms with Crippen LogP contribution in [0.4, 0.5) is 4.79 Å². The number of hydrogen-bond donors (Lipinski definition) is 2. The number of carbonyl (C=O) groups excluding carboxylic acids is 2. The van der Waals surface area contributed by atoms with Gasteiger partial charge in [-0.25, -0.2) is 4.79 Å². The lowest BCUT2D eigenvalue weighted by atomic mass is 10.0. The second kappa shape index (κ2) is 10.8. The molecule has 8 heteroatoms. The number of benzene rings is 1. The number of rotatable bonds is 9. The van der Waals surface area contributed by atoms with Crippen molar-refractivity contribution in [1.82, 2.24) is 20.4 Å². The van der Waals surface area contributed by atoms with Gasteiger partial charge in [-0.1, -0.05) is 30.3 Å². The van der Waals surface area contributed by atoms with E-state index in [0.717, 1.165) is 27.3 Å². The summed E-state index contributed by atoms with van der Waals surface area (Å²) in [5, 5.41) is 12.4. The number of ether oxygens (including phenoxy) is 1. The molecule has 2 heterocycles. The van der Waals surface area contributed by atoms with E-state index in [1.54, 1.807) is 10.9 Å². The van der Waals surface area contributed by atoms with Gasteiger partial charge in [-0.3, -0.25) is 9.48 Å². The third kappa shape index (κ3) is 7.00. The van der Waals surface area contributed by atoms with Gasteiger partial charge in [0.1, 0.15) is 5.60 Å². The number of nitrogens with one attached hydrogen (secondary N) is 2. The zero-order valence-electron chi connectivity index (χ0n) is 19.8. The van der Waals surface area contributed by atoms with Crippen molar-refractivity contribution in [2.45, 2.75) is 45.8 Å². The van der Waals surface area contributed by atoms with Gasteiger partial charge in [0.15, 0.2) is 5.78 Å². The number of aryl methyl sites for hydroxylation is 1. The third-order valence-electron chi connectivity index (χ3n) is 5.16. The number of ketones is 1. The molecule has 2 aromatic heterocycles. The lowest BCUT2D eigenvalue weighted by Crippen LogP contribution is -2.45. The molecule has 1 aromatic carbocycles. The molecule has 0 spiro atoms. The van der Waals surface area contributed by atoms with Crippen LogP contribution in [0.5, 0.6) is 0 Å². The van der Waals surface area contributed by atoms with Gasteiger partial charge >= 0.3 is 6.09 Å². The highest BCUT2D eigenvalue weighted by Gasteiger charge is 2.20. The molecule has 0 saturated carbocycles. The molecule has 0 radical (unpaired) electrons. The van der Waals surface area contributed by atoms with Crippen molar-refractivity contribution >= 4 is 23.2 Å². The molecule has 0 aliphatic rings. The molecule has 1 atom stereocenters. The molecular weight excluding hydrogens is 436 g/mol. The number of amides is 1. The molecular formula is C25H32N4O3S. The summed E-state index contributed by atoms with van der Waals surface area (Å²) in [6, 6.07) is 11.8. The van der Waals surface area contributed by atoms with Crippen molar-refractivity contribution in [2.75, 3.05) is 13.1 Å². The molecule has 0 bridgehead atoms. The summed E-state index contributed by atoms with van der Waals surface area (Å²) in [7, 11) is 1.89. The minimum atomic E-state index is -0.565. The van der Waals surface area contributed by atoms with Crippen LogP contribution in [0, 0.1) is 6.92 Å². The molecule has 176 valence electrons. The molecule has 1 unspecified atom stereocenters. The zero-order chi connectivity index (χ0) is 24.0. The predicted molar refractivity (Wildman–Crippen MR) is 132 cm³/mol. The normalized spacial score (nSPS) is 12.4. The van der Waals surface area contributed by atoms with Crippen LogP contribution in [0.25, 0.3) is 11.3 Å². The molecule has 7 nitrogen and oxygen atoms in total. The van der Waals surface area contributed by atoms with Crippen molar-refractivity contribution in [3.8, 4) is 11.3 Å². The van der Waals surface area contributed by atoms with Crippen LogP contribution in [0.1, 0.15) is 41.6 Å². The van der Waals surface area contributed by atoms with Gasteiger partial charge in [-0.15, -0.1) is 11.3 Å². The largest absolute Gasteiger partial charge is 0.444 e. The highest BCUT2D eigenvalue weighted by Crippen LogP contribution is 2.30. The van der Waals surface area contributed by atoms with E-state index in [-0.39, 0.29) is 18.4 Å². The summed E-state index contributed by atoms with van der Waals surface area (Å²) in [6.07, 6.45) is 1.96. The fourth-order valence-corrected chi connectivity index (χ4v) is 4.56. The molecule has 3 rings (SSSR count). The van der Waals surface area contributed by atoms with Crippen LogP contribution in [0.15, 0.2) is 48.0 Å². The number of thiophene rings is 1. The van der Waals surface area contributed by atoms with Gasteiger partial charge in [0, 0.05) is 36.8 Å². The average Bonchev–Trinajstić information content (AvgIpc) is 3.34. The van der Waals surface area contributed by atoms with Crippen LogP contribution in [-0.4, -0.2) is 46.4 Å². The zero-order valence-corrected chi connectivity index (χ0v) is 20.7. The van der Waals surface area contributed by atoms with E-state index in [2.05, 4.69) is 15.7 Å². The van der Waals surface area contributed by atoms with Crippen molar-refractivity contribution in [3.05, 3.63) is 64.0 Å². The van der Waals surface area contributed by atoms with Crippen LogP contribution >= 0.6 is 11.3 Å². The van der Waals surface area contributed by atoms with Gasteiger partial charge in [-0.05, 0) is 51.3 Å². The van der Waals surface area contributed by atoms with Crippen LogP contribution in [0.2, 0.25) is 0 Å².